The van der Waals surface area contributed by atoms with E-state index in [1.165, 1.54) is 18.9 Å². The van der Waals surface area contributed by atoms with Crippen LogP contribution < -0.4 is 0 Å². The maximum atomic E-state index is 13.5. The number of fused-ring (bicyclic) bond motifs is 1. The first-order chi connectivity index (χ1) is 14.8. The zero-order chi connectivity index (χ0) is 21.8. The van der Waals surface area contributed by atoms with Gasteiger partial charge in [0.25, 0.3) is 11.6 Å². The highest BCUT2D eigenvalue weighted by Gasteiger charge is 2.36. The lowest BCUT2D eigenvalue weighted by Crippen LogP contribution is -2.40. The lowest BCUT2D eigenvalue weighted by molar-refractivity contribution is -0.137. The number of nitrogens with zero attached hydrogens (tertiary/aromatic N) is 3. The smallest absolute Gasteiger partial charge is 0.338 e. The molecule has 1 unspecified atom stereocenters. The van der Waals surface area contributed by atoms with Crippen molar-refractivity contribution in [2.75, 3.05) is 13.1 Å². The number of alkyl halides is 3. The van der Waals surface area contributed by atoms with Crippen molar-refractivity contribution < 1.29 is 22.5 Å². The van der Waals surface area contributed by atoms with Crippen LogP contribution in [0.15, 0.2) is 34.9 Å². The maximum absolute atomic E-state index is 13.5. The summed E-state index contributed by atoms with van der Waals surface area (Å²) in [5, 5.41) is 4.46. The van der Waals surface area contributed by atoms with Gasteiger partial charge in [-0.3, -0.25) is 4.79 Å². The van der Waals surface area contributed by atoms with E-state index in [1.807, 2.05) is 4.90 Å². The molecule has 8 heteroatoms. The van der Waals surface area contributed by atoms with Crippen molar-refractivity contribution in [3.63, 3.8) is 0 Å². The number of hydrogen-bond acceptors (Lipinski definition) is 4. The number of hydrogen-bond donors (Lipinski definition) is 0. The molecule has 5 nitrogen and oxygen atoms in total. The van der Waals surface area contributed by atoms with E-state index in [2.05, 4.69) is 10.1 Å². The summed E-state index contributed by atoms with van der Waals surface area (Å²) in [6, 6.07) is 6.51. The molecule has 1 saturated carbocycles. The minimum atomic E-state index is -4.47. The molecular formula is C23H22F3N3O2. The van der Waals surface area contributed by atoms with E-state index in [0.717, 1.165) is 31.5 Å². The summed E-state index contributed by atoms with van der Waals surface area (Å²) in [7, 11) is 0. The van der Waals surface area contributed by atoms with Crippen LogP contribution in [0.3, 0.4) is 0 Å². The number of rotatable bonds is 3. The molecule has 0 radical (unpaired) electrons. The average molecular weight is 429 g/mol. The number of piperidine rings is 1. The van der Waals surface area contributed by atoms with Crippen LogP contribution in [0.1, 0.15) is 47.3 Å². The van der Waals surface area contributed by atoms with Gasteiger partial charge >= 0.3 is 6.18 Å². The van der Waals surface area contributed by atoms with Gasteiger partial charge in [-0.1, -0.05) is 17.3 Å². The number of likely N-dealkylation sites (tertiary alicyclic amines) is 1. The van der Waals surface area contributed by atoms with Crippen molar-refractivity contribution in [3.8, 4) is 11.3 Å². The maximum Gasteiger partial charge on any atom is 0.416 e. The van der Waals surface area contributed by atoms with Gasteiger partial charge in [0.05, 0.1) is 27.9 Å². The van der Waals surface area contributed by atoms with E-state index in [4.69, 9.17) is 4.52 Å². The lowest BCUT2D eigenvalue weighted by Gasteiger charge is -2.33. The van der Waals surface area contributed by atoms with Crippen LogP contribution in [0, 0.1) is 18.8 Å². The molecule has 1 atom stereocenters. The SMILES string of the molecule is Cc1noc2nc(-c3cccc(C(F)(F)F)c3)cc(C(=O)N3CCCC(C4CC4)C3)c12. The molecule has 1 aliphatic carbocycles. The second-order valence-corrected chi connectivity index (χ2v) is 8.57. The number of aromatic nitrogens is 2. The van der Waals surface area contributed by atoms with E-state index >= 15 is 0 Å². The van der Waals surface area contributed by atoms with Gasteiger partial charge in [-0.15, -0.1) is 0 Å². The molecule has 0 bridgehead atoms. The standard InChI is InChI=1S/C23H22F3N3O2/c1-13-20-18(22(30)29-9-3-5-16(12-29)14-7-8-14)11-19(27-21(20)31-28-13)15-4-2-6-17(10-15)23(24,25)26/h2,4,6,10-11,14,16H,3,5,7-9,12H2,1H3. The fraction of sp³-hybridized carbons (Fsp3) is 0.435. The first-order valence-electron chi connectivity index (χ1n) is 10.5. The molecule has 2 fully saturated rings. The van der Waals surface area contributed by atoms with Crippen molar-refractivity contribution >= 4 is 17.0 Å². The molecule has 1 amide bonds. The highest BCUT2D eigenvalue weighted by Crippen LogP contribution is 2.41. The monoisotopic (exact) mass is 429 g/mol. The Bertz CT molecular complexity index is 1150. The predicted octanol–water partition coefficient (Wildman–Crippen LogP) is 5.48. The highest BCUT2D eigenvalue weighted by atomic mass is 19.4. The van der Waals surface area contributed by atoms with Crippen LogP contribution >= 0.6 is 0 Å². The van der Waals surface area contributed by atoms with E-state index in [-0.39, 0.29) is 22.9 Å². The van der Waals surface area contributed by atoms with Crippen molar-refractivity contribution in [2.24, 2.45) is 11.8 Å². The third-order valence-electron chi connectivity index (χ3n) is 6.37. The van der Waals surface area contributed by atoms with Gasteiger partial charge in [0, 0.05) is 18.7 Å². The molecule has 5 rings (SSSR count). The number of pyridine rings is 1. The molecule has 1 aromatic carbocycles. The Kier molecular flexibility index (Phi) is 4.75. The highest BCUT2D eigenvalue weighted by molar-refractivity contribution is 6.07. The first-order valence-corrected chi connectivity index (χ1v) is 10.5. The van der Waals surface area contributed by atoms with Crippen molar-refractivity contribution in [3.05, 3.63) is 47.2 Å². The molecule has 162 valence electrons. The Morgan fingerprint density at radius 3 is 2.71 bits per heavy atom. The fourth-order valence-electron chi connectivity index (χ4n) is 4.58. The summed E-state index contributed by atoms with van der Waals surface area (Å²) in [5.41, 5.74) is 0.844. The molecule has 2 aromatic heterocycles. The van der Waals surface area contributed by atoms with Crippen LogP contribution in [-0.4, -0.2) is 34.0 Å². The molecule has 3 heterocycles. The van der Waals surface area contributed by atoms with Gasteiger partial charge in [0.1, 0.15) is 0 Å². The number of carbonyl (C=O) groups is 1. The predicted molar refractivity (Wildman–Crippen MR) is 108 cm³/mol. The summed E-state index contributed by atoms with van der Waals surface area (Å²) in [6.45, 7) is 3.13. The summed E-state index contributed by atoms with van der Waals surface area (Å²) in [5.74, 6) is 1.10. The Morgan fingerprint density at radius 2 is 1.97 bits per heavy atom. The minimum Gasteiger partial charge on any atom is -0.338 e. The van der Waals surface area contributed by atoms with Gasteiger partial charge in [0.15, 0.2) is 0 Å². The number of aryl methyl sites for hydroxylation is 1. The number of carbonyl (C=O) groups excluding carboxylic acids is 1. The van der Waals surface area contributed by atoms with E-state index in [0.29, 0.717) is 35.0 Å². The summed E-state index contributed by atoms with van der Waals surface area (Å²) in [6.07, 6.45) is 0.104. The second-order valence-electron chi connectivity index (χ2n) is 8.57. The van der Waals surface area contributed by atoms with Crippen LogP contribution in [0.5, 0.6) is 0 Å². The Hall–Kier alpha value is -2.90. The van der Waals surface area contributed by atoms with Crippen LogP contribution in [0.4, 0.5) is 13.2 Å². The van der Waals surface area contributed by atoms with Crippen LogP contribution in [0.2, 0.25) is 0 Å². The molecule has 2 aliphatic rings. The molecule has 1 aliphatic heterocycles. The minimum absolute atomic E-state index is 0.141. The van der Waals surface area contributed by atoms with Gasteiger partial charge in [-0.25, -0.2) is 4.98 Å². The van der Waals surface area contributed by atoms with Crippen LogP contribution in [-0.2, 0) is 6.18 Å². The quantitative estimate of drug-likeness (QED) is 0.553. The zero-order valence-corrected chi connectivity index (χ0v) is 17.1. The topological polar surface area (TPSA) is 59.2 Å². The van der Waals surface area contributed by atoms with Gasteiger partial charge in [-0.2, -0.15) is 13.2 Å². The third-order valence-corrected chi connectivity index (χ3v) is 6.37. The first kappa shape index (κ1) is 20.0. The average Bonchev–Trinajstić information content (AvgIpc) is 3.55. The Morgan fingerprint density at radius 1 is 1.16 bits per heavy atom. The van der Waals surface area contributed by atoms with E-state index in [9.17, 15) is 18.0 Å². The van der Waals surface area contributed by atoms with Crippen molar-refractivity contribution in [2.45, 2.75) is 38.8 Å². The van der Waals surface area contributed by atoms with Gasteiger partial charge in [-0.05, 0) is 62.6 Å². The van der Waals surface area contributed by atoms with E-state index in [1.54, 1.807) is 19.1 Å². The second kappa shape index (κ2) is 7.35. The Balaban J connectivity index is 1.56. The zero-order valence-electron chi connectivity index (χ0n) is 17.1. The molecule has 0 spiro atoms. The van der Waals surface area contributed by atoms with Crippen LogP contribution in [0.25, 0.3) is 22.4 Å². The summed E-state index contributed by atoms with van der Waals surface area (Å²) >= 11 is 0. The number of amides is 1. The largest absolute Gasteiger partial charge is 0.416 e. The normalized spacial score (nSPS) is 19.7. The lowest BCUT2D eigenvalue weighted by atomic mass is 9.92. The Labute approximate surface area is 177 Å². The molecule has 31 heavy (non-hydrogen) atoms. The summed E-state index contributed by atoms with van der Waals surface area (Å²) in [4.78, 5) is 19.7. The van der Waals surface area contributed by atoms with Gasteiger partial charge < -0.3 is 9.42 Å². The fourth-order valence-corrected chi connectivity index (χ4v) is 4.58. The van der Waals surface area contributed by atoms with Gasteiger partial charge in [0.2, 0.25) is 0 Å². The molecule has 3 aromatic rings. The molecular weight excluding hydrogens is 407 g/mol. The third kappa shape index (κ3) is 3.79. The number of halogens is 3. The molecule has 1 saturated heterocycles. The van der Waals surface area contributed by atoms with E-state index < -0.39 is 11.7 Å². The summed E-state index contributed by atoms with van der Waals surface area (Å²) < 4.78 is 44.9. The van der Waals surface area contributed by atoms with Crippen molar-refractivity contribution in [1.29, 1.82) is 0 Å². The number of benzene rings is 1. The van der Waals surface area contributed by atoms with Crippen molar-refractivity contribution in [1.82, 2.24) is 15.0 Å². The molecule has 0 N–H and O–H groups in total.